The second-order valence-electron chi connectivity index (χ2n) is 5.10. The molecule has 2 fully saturated rings. The van der Waals surface area contributed by atoms with E-state index in [2.05, 4.69) is 10.6 Å². The van der Waals surface area contributed by atoms with Crippen LogP contribution in [0.15, 0.2) is 0 Å². The summed E-state index contributed by atoms with van der Waals surface area (Å²) in [6.45, 7) is 1.53. The van der Waals surface area contributed by atoms with E-state index < -0.39 is 11.5 Å². The largest absolute Gasteiger partial charge is 0.481 e. The van der Waals surface area contributed by atoms with Crippen molar-refractivity contribution in [1.82, 2.24) is 15.5 Å². The van der Waals surface area contributed by atoms with Gasteiger partial charge in [0.15, 0.2) is 0 Å². The van der Waals surface area contributed by atoms with E-state index in [1.807, 2.05) is 11.9 Å². The van der Waals surface area contributed by atoms with E-state index in [1.165, 1.54) is 0 Å². The van der Waals surface area contributed by atoms with Gasteiger partial charge in [-0.25, -0.2) is 0 Å². The zero-order chi connectivity index (χ0) is 12.5. The molecule has 0 spiro atoms. The van der Waals surface area contributed by atoms with Gasteiger partial charge in [-0.15, -0.1) is 0 Å². The number of carbonyl (C=O) groups excluding carboxylic acids is 1. The number of hydrogen-bond acceptors (Lipinski definition) is 4. The first-order valence-electron chi connectivity index (χ1n) is 5.95. The van der Waals surface area contributed by atoms with Crippen LogP contribution in [0.5, 0.6) is 0 Å². The lowest BCUT2D eigenvalue weighted by Gasteiger charge is -2.48. The highest BCUT2D eigenvalue weighted by Crippen LogP contribution is 2.23. The maximum absolute atomic E-state index is 11.7. The normalized spacial score (nSPS) is 22.0. The maximum Gasteiger partial charge on any atom is 0.305 e. The average molecular weight is 241 g/mol. The molecule has 2 aliphatic rings. The van der Waals surface area contributed by atoms with Crippen LogP contribution in [0.1, 0.15) is 19.3 Å². The minimum Gasteiger partial charge on any atom is -0.481 e. The molecule has 0 bridgehead atoms. The van der Waals surface area contributed by atoms with Crippen LogP contribution in [0.3, 0.4) is 0 Å². The molecule has 1 saturated carbocycles. The van der Waals surface area contributed by atoms with E-state index in [1.54, 1.807) is 0 Å². The molecular formula is C11H19N3O3. The first kappa shape index (κ1) is 12.3. The number of carboxylic acids is 1. The monoisotopic (exact) mass is 241 g/mol. The molecule has 1 aliphatic heterocycles. The van der Waals surface area contributed by atoms with Gasteiger partial charge in [0.2, 0.25) is 5.91 Å². The minimum atomic E-state index is -0.819. The molecule has 17 heavy (non-hydrogen) atoms. The number of nitrogens with one attached hydrogen (secondary N) is 2. The smallest absolute Gasteiger partial charge is 0.305 e. The molecule has 6 heteroatoms. The van der Waals surface area contributed by atoms with Gasteiger partial charge in [0.05, 0.1) is 18.5 Å². The Morgan fingerprint density at radius 2 is 2.12 bits per heavy atom. The van der Waals surface area contributed by atoms with Crippen molar-refractivity contribution in [1.29, 1.82) is 0 Å². The Bertz CT molecular complexity index is 324. The third kappa shape index (κ3) is 2.95. The Hall–Kier alpha value is -1.14. The van der Waals surface area contributed by atoms with Gasteiger partial charge in [-0.3, -0.25) is 14.5 Å². The maximum atomic E-state index is 11.7. The molecule has 0 aromatic heterocycles. The third-order valence-corrected chi connectivity index (χ3v) is 3.52. The molecule has 0 aromatic rings. The van der Waals surface area contributed by atoms with Crippen LogP contribution in [0.25, 0.3) is 0 Å². The highest BCUT2D eigenvalue weighted by molar-refractivity contribution is 5.79. The molecular weight excluding hydrogens is 222 g/mol. The van der Waals surface area contributed by atoms with E-state index in [-0.39, 0.29) is 18.9 Å². The second-order valence-corrected chi connectivity index (χ2v) is 5.10. The summed E-state index contributed by atoms with van der Waals surface area (Å²) in [5.41, 5.74) is -0.396. The van der Waals surface area contributed by atoms with E-state index in [0.29, 0.717) is 19.1 Å². The molecule has 0 radical (unpaired) electrons. The van der Waals surface area contributed by atoms with Crippen LogP contribution in [0, 0.1) is 0 Å². The first-order valence-corrected chi connectivity index (χ1v) is 5.95. The average Bonchev–Trinajstić information content (AvgIpc) is 2.94. The zero-order valence-electron chi connectivity index (χ0n) is 10.0. The molecule has 96 valence electrons. The van der Waals surface area contributed by atoms with Crippen LogP contribution in [-0.4, -0.2) is 60.1 Å². The predicted octanol–water partition coefficient (Wildman–Crippen LogP) is -0.986. The van der Waals surface area contributed by atoms with Crippen molar-refractivity contribution in [2.75, 3.05) is 26.7 Å². The number of rotatable bonds is 6. The van der Waals surface area contributed by atoms with Gasteiger partial charge in [0.25, 0.3) is 0 Å². The molecule has 3 N–H and O–H groups in total. The van der Waals surface area contributed by atoms with Crippen LogP contribution >= 0.6 is 0 Å². The van der Waals surface area contributed by atoms with Crippen molar-refractivity contribution in [3.8, 4) is 0 Å². The quantitative estimate of drug-likeness (QED) is 0.556. The second kappa shape index (κ2) is 4.62. The summed E-state index contributed by atoms with van der Waals surface area (Å²) in [6, 6.07) is 0.353. The van der Waals surface area contributed by atoms with E-state index in [9.17, 15) is 9.59 Å². The fourth-order valence-corrected chi connectivity index (χ4v) is 2.11. The molecule has 1 aliphatic carbocycles. The van der Waals surface area contributed by atoms with Crippen LogP contribution < -0.4 is 10.6 Å². The number of amides is 1. The van der Waals surface area contributed by atoms with Gasteiger partial charge in [-0.1, -0.05) is 0 Å². The number of carbonyl (C=O) groups is 2. The molecule has 0 atom stereocenters. The van der Waals surface area contributed by atoms with E-state index in [4.69, 9.17) is 5.11 Å². The summed E-state index contributed by atoms with van der Waals surface area (Å²) in [4.78, 5) is 24.3. The minimum absolute atomic E-state index is 0.00772. The summed E-state index contributed by atoms with van der Waals surface area (Å²) < 4.78 is 0. The Balaban J connectivity index is 1.85. The summed E-state index contributed by atoms with van der Waals surface area (Å²) in [7, 11) is 1.82. The fraction of sp³-hybridized carbons (Fsp3) is 0.818. The van der Waals surface area contributed by atoms with Gasteiger partial charge >= 0.3 is 5.97 Å². The standard InChI is InChI=1S/C11H19N3O3/c1-14(5-9(15)13-8-2-3-8)11(4-10(16)17)6-12-7-11/h8,12H,2-7H2,1H3,(H,13,15)(H,16,17). The molecule has 6 nitrogen and oxygen atoms in total. The highest BCUT2D eigenvalue weighted by Gasteiger charge is 2.43. The van der Waals surface area contributed by atoms with E-state index >= 15 is 0 Å². The molecule has 1 saturated heterocycles. The van der Waals surface area contributed by atoms with Gasteiger partial charge < -0.3 is 15.7 Å². The third-order valence-electron chi connectivity index (χ3n) is 3.52. The number of carboxylic acid groups (broad SMARTS) is 1. The fourth-order valence-electron chi connectivity index (χ4n) is 2.11. The molecule has 1 heterocycles. The Morgan fingerprint density at radius 3 is 2.53 bits per heavy atom. The van der Waals surface area contributed by atoms with Crippen molar-refractivity contribution in [3.05, 3.63) is 0 Å². The van der Waals surface area contributed by atoms with Crippen LogP contribution in [0.4, 0.5) is 0 Å². The topological polar surface area (TPSA) is 81.7 Å². The predicted molar refractivity (Wildman–Crippen MR) is 61.6 cm³/mol. The number of hydrogen-bond donors (Lipinski definition) is 3. The van der Waals surface area contributed by atoms with Crippen molar-refractivity contribution >= 4 is 11.9 Å². The zero-order valence-corrected chi connectivity index (χ0v) is 10.0. The Labute approximate surface area is 100 Å². The number of aliphatic carboxylic acids is 1. The van der Waals surface area contributed by atoms with Gasteiger partial charge in [-0.2, -0.15) is 0 Å². The molecule has 0 aromatic carbocycles. The molecule has 1 amide bonds. The Morgan fingerprint density at radius 1 is 1.47 bits per heavy atom. The lowest BCUT2D eigenvalue weighted by molar-refractivity contribution is -0.142. The van der Waals surface area contributed by atoms with Crippen molar-refractivity contribution < 1.29 is 14.7 Å². The van der Waals surface area contributed by atoms with Gasteiger partial charge in [0.1, 0.15) is 0 Å². The number of nitrogens with zero attached hydrogens (tertiary/aromatic N) is 1. The molecule has 0 unspecified atom stereocenters. The lowest BCUT2D eigenvalue weighted by Crippen LogP contribution is -2.69. The molecule has 2 rings (SSSR count). The summed E-state index contributed by atoms with van der Waals surface area (Å²) in [6.07, 6.45) is 2.21. The Kier molecular flexibility index (Phi) is 3.35. The van der Waals surface area contributed by atoms with Gasteiger partial charge in [0, 0.05) is 19.1 Å². The number of likely N-dealkylation sites (N-methyl/N-ethyl adjacent to an activating group) is 1. The SMILES string of the molecule is CN(CC(=O)NC1CC1)C1(CC(=O)O)CNC1. The summed E-state index contributed by atoms with van der Waals surface area (Å²) in [5.74, 6) is -0.826. The summed E-state index contributed by atoms with van der Waals surface area (Å²) in [5, 5.41) is 14.9. The van der Waals surface area contributed by atoms with Crippen molar-refractivity contribution in [3.63, 3.8) is 0 Å². The lowest BCUT2D eigenvalue weighted by atomic mass is 9.87. The van der Waals surface area contributed by atoms with Crippen molar-refractivity contribution in [2.24, 2.45) is 0 Å². The van der Waals surface area contributed by atoms with Crippen LogP contribution in [-0.2, 0) is 9.59 Å². The van der Waals surface area contributed by atoms with Crippen LogP contribution in [0.2, 0.25) is 0 Å². The van der Waals surface area contributed by atoms with Gasteiger partial charge in [-0.05, 0) is 19.9 Å². The van der Waals surface area contributed by atoms with Crippen molar-refractivity contribution in [2.45, 2.75) is 30.8 Å². The van der Waals surface area contributed by atoms with E-state index in [0.717, 1.165) is 12.8 Å². The highest BCUT2D eigenvalue weighted by atomic mass is 16.4. The summed E-state index contributed by atoms with van der Waals surface area (Å²) >= 11 is 0. The first-order chi connectivity index (χ1) is 8.02.